The van der Waals surface area contributed by atoms with Gasteiger partial charge in [-0.2, -0.15) is 0 Å². The van der Waals surface area contributed by atoms with Crippen LogP contribution < -0.4 is 0 Å². The molecule has 0 aliphatic carbocycles. The van der Waals surface area contributed by atoms with Crippen molar-refractivity contribution in [3.63, 3.8) is 0 Å². The summed E-state index contributed by atoms with van der Waals surface area (Å²) in [5.74, 6) is 0. The minimum atomic E-state index is -0.401. The number of rotatable bonds is 6. The van der Waals surface area contributed by atoms with Crippen LogP contribution in [0, 0.1) is 5.41 Å². The van der Waals surface area contributed by atoms with Crippen molar-refractivity contribution in [2.24, 2.45) is 5.41 Å². The molecular formula is C21H28N2O2. The molecule has 1 aromatic heterocycles. The molecule has 25 heavy (non-hydrogen) atoms. The molecule has 1 fully saturated rings. The first-order valence-corrected chi connectivity index (χ1v) is 9.17. The molecule has 0 bridgehead atoms. The van der Waals surface area contributed by atoms with Gasteiger partial charge in [0.1, 0.15) is 0 Å². The highest BCUT2D eigenvalue weighted by Gasteiger charge is 2.41. The van der Waals surface area contributed by atoms with Gasteiger partial charge in [-0.3, -0.25) is 9.88 Å². The summed E-state index contributed by atoms with van der Waals surface area (Å²) < 4.78 is 0. The van der Waals surface area contributed by atoms with Crippen LogP contribution in [0.5, 0.6) is 0 Å². The van der Waals surface area contributed by atoms with E-state index in [1.165, 1.54) is 11.1 Å². The fraction of sp³-hybridized carbons (Fsp3) is 0.476. The van der Waals surface area contributed by atoms with Gasteiger partial charge in [0, 0.05) is 37.4 Å². The van der Waals surface area contributed by atoms with Crippen molar-refractivity contribution in [3.05, 3.63) is 54.4 Å². The van der Waals surface area contributed by atoms with E-state index in [2.05, 4.69) is 47.1 Å². The van der Waals surface area contributed by atoms with Crippen LogP contribution in [0.1, 0.15) is 31.7 Å². The van der Waals surface area contributed by atoms with Gasteiger partial charge in [0.25, 0.3) is 0 Å². The number of nitrogens with zero attached hydrogens (tertiary/aromatic N) is 2. The lowest BCUT2D eigenvalue weighted by atomic mass is 9.74. The van der Waals surface area contributed by atoms with Gasteiger partial charge in [-0.25, -0.2) is 0 Å². The molecule has 1 aliphatic heterocycles. The van der Waals surface area contributed by atoms with E-state index in [0.717, 1.165) is 44.5 Å². The van der Waals surface area contributed by atoms with Crippen LogP contribution >= 0.6 is 0 Å². The van der Waals surface area contributed by atoms with Gasteiger partial charge in [-0.05, 0) is 35.6 Å². The number of pyridine rings is 1. The first-order chi connectivity index (χ1) is 12.2. The lowest BCUT2D eigenvalue weighted by Gasteiger charge is -2.45. The van der Waals surface area contributed by atoms with Crippen LogP contribution in [-0.2, 0) is 6.54 Å². The van der Waals surface area contributed by atoms with E-state index >= 15 is 0 Å². The first kappa shape index (κ1) is 18.1. The van der Waals surface area contributed by atoms with E-state index < -0.39 is 6.10 Å². The van der Waals surface area contributed by atoms with E-state index in [1.54, 1.807) is 6.20 Å². The molecule has 0 saturated carbocycles. The molecule has 1 saturated heterocycles. The van der Waals surface area contributed by atoms with Crippen molar-refractivity contribution in [2.75, 3.05) is 19.7 Å². The number of aromatic nitrogens is 1. The molecule has 1 aliphatic rings. The summed E-state index contributed by atoms with van der Waals surface area (Å²) in [5.41, 5.74) is 3.18. The number of likely N-dealkylation sites (tertiary alicyclic amines) is 1. The summed E-state index contributed by atoms with van der Waals surface area (Å²) in [6.45, 7) is 4.64. The van der Waals surface area contributed by atoms with Gasteiger partial charge in [0.15, 0.2) is 0 Å². The zero-order valence-electron chi connectivity index (χ0n) is 14.9. The van der Waals surface area contributed by atoms with Crippen molar-refractivity contribution < 1.29 is 10.2 Å². The molecule has 3 rings (SSSR count). The topological polar surface area (TPSA) is 56.6 Å². The maximum atomic E-state index is 10.4. The fourth-order valence-corrected chi connectivity index (χ4v) is 3.95. The smallest absolute Gasteiger partial charge is 0.0642 e. The third-order valence-electron chi connectivity index (χ3n) is 5.38. The van der Waals surface area contributed by atoms with E-state index in [4.69, 9.17) is 0 Å². The zero-order valence-corrected chi connectivity index (χ0v) is 14.9. The number of hydrogen-bond acceptors (Lipinski definition) is 4. The van der Waals surface area contributed by atoms with E-state index in [0.29, 0.717) is 0 Å². The van der Waals surface area contributed by atoms with Crippen molar-refractivity contribution in [1.82, 2.24) is 9.88 Å². The van der Waals surface area contributed by atoms with Gasteiger partial charge in [-0.15, -0.1) is 0 Å². The Balaban J connectivity index is 1.68. The normalized spacial score (nSPS) is 24.4. The molecule has 1 aromatic carbocycles. The number of aliphatic hydroxyl groups excluding tert-OH is 2. The Morgan fingerprint density at radius 3 is 2.64 bits per heavy atom. The summed E-state index contributed by atoms with van der Waals surface area (Å²) in [7, 11) is 0. The van der Waals surface area contributed by atoms with Crippen molar-refractivity contribution in [2.45, 2.75) is 38.8 Å². The predicted molar refractivity (Wildman–Crippen MR) is 100 cm³/mol. The molecule has 0 spiro atoms. The van der Waals surface area contributed by atoms with E-state index in [9.17, 15) is 10.2 Å². The number of benzene rings is 1. The average molecular weight is 340 g/mol. The average Bonchev–Trinajstić information content (AvgIpc) is 2.66. The molecule has 2 N–H and O–H groups in total. The lowest BCUT2D eigenvalue weighted by molar-refractivity contribution is -0.0819. The highest BCUT2D eigenvalue weighted by atomic mass is 16.3. The summed E-state index contributed by atoms with van der Waals surface area (Å²) in [5, 5.41) is 20.3. The van der Waals surface area contributed by atoms with Gasteiger partial charge in [0.2, 0.25) is 0 Å². The minimum absolute atomic E-state index is 0.0540. The molecule has 2 heterocycles. The highest BCUT2D eigenvalue weighted by molar-refractivity contribution is 5.62. The van der Waals surface area contributed by atoms with Crippen LogP contribution in [0.3, 0.4) is 0 Å². The second-order valence-corrected chi connectivity index (χ2v) is 7.22. The lowest BCUT2D eigenvalue weighted by Crippen LogP contribution is -2.53. The van der Waals surface area contributed by atoms with Crippen LogP contribution in [0.4, 0.5) is 0 Å². The Labute approximate surface area is 150 Å². The van der Waals surface area contributed by atoms with Gasteiger partial charge in [0.05, 0.1) is 12.7 Å². The quantitative estimate of drug-likeness (QED) is 0.848. The van der Waals surface area contributed by atoms with Gasteiger partial charge < -0.3 is 10.2 Å². The monoisotopic (exact) mass is 340 g/mol. The van der Waals surface area contributed by atoms with Crippen LogP contribution in [0.2, 0.25) is 0 Å². The summed E-state index contributed by atoms with van der Waals surface area (Å²) in [4.78, 5) is 6.53. The van der Waals surface area contributed by atoms with Crippen LogP contribution in [0.25, 0.3) is 11.1 Å². The Bertz CT molecular complexity index is 659. The molecule has 2 aromatic rings. The largest absolute Gasteiger partial charge is 0.396 e. The number of hydrogen-bond donors (Lipinski definition) is 2. The van der Waals surface area contributed by atoms with E-state index in [1.807, 2.05) is 12.3 Å². The third-order valence-corrected chi connectivity index (χ3v) is 5.38. The highest BCUT2D eigenvalue weighted by Crippen LogP contribution is 2.35. The van der Waals surface area contributed by atoms with Crippen LogP contribution in [-0.4, -0.2) is 45.9 Å². The molecule has 4 nitrogen and oxygen atoms in total. The molecule has 0 unspecified atom stereocenters. The van der Waals surface area contributed by atoms with Crippen molar-refractivity contribution in [1.29, 1.82) is 0 Å². The maximum absolute atomic E-state index is 10.4. The molecule has 0 radical (unpaired) electrons. The van der Waals surface area contributed by atoms with Crippen LogP contribution in [0.15, 0.2) is 48.8 Å². The number of piperidine rings is 1. The second kappa shape index (κ2) is 8.09. The maximum Gasteiger partial charge on any atom is 0.0642 e. The Morgan fingerprint density at radius 1 is 1.20 bits per heavy atom. The third kappa shape index (κ3) is 4.09. The molecule has 4 heteroatoms. The second-order valence-electron chi connectivity index (χ2n) is 7.22. The fourth-order valence-electron chi connectivity index (χ4n) is 3.95. The first-order valence-electron chi connectivity index (χ1n) is 9.17. The Morgan fingerprint density at radius 2 is 2.00 bits per heavy atom. The Kier molecular flexibility index (Phi) is 5.84. The standard InChI is InChI=1S/C21H28N2O2/c1-2-10-21(16-24)15-23(12-9-20(21)25)14-17-5-7-18(8-6-17)19-4-3-11-22-13-19/h3-8,11,13,20,24-25H,2,9-10,12,14-16H2,1H3/t20-,21-/m0/s1. The molecule has 134 valence electrons. The molecule has 0 amide bonds. The molecule has 2 atom stereocenters. The van der Waals surface area contributed by atoms with Crippen molar-refractivity contribution in [3.8, 4) is 11.1 Å². The summed E-state index contributed by atoms with van der Waals surface area (Å²) >= 11 is 0. The van der Waals surface area contributed by atoms with Crippen molar-refractivity contribution >= 4 is 0 Å². The van der Waals surface area contributed by atoms with E-state index in [-0.39, 0.29) is 12.0 Å². The molecular weight excluding hydrogens is 312 g/mol. The minimum Gasteiger partial charge on any atom is -0.396 e. The van der Waals surface area contributed by atoms with Gasteiger partial charge in [-0.1, -0.05) is 43.7 Å². The predicted octanol–water partition coefficient (Wildman–Crippen LogP) is 3.09. The Hall–Kier alpha value is -1.75. The zero-order chi connectivity index (χ0) is 17.7. The summed E-state index contributed by atoms with van der Waals surface area (Å²) in [6.07, 6.45) is 5.83. The van der Waals surface area contributed by atoms with Gasteiger partial charge >= 0.3 is 0 Å². The summed E-state index contributed by atoms with van der Waals surface area (Å²) in [6, 6.07) is 12.6. The SMILES string of the molecule is CCC[C@@]1(CO)CN(Cc2ccc(-c3cccnc3)cc2)CC[C@@H]1O. The number of aliphatic hydroxyl groups is 2.